The lowest BCUT2D eigenvalue weighted by atomic mass is 9.43. The first kappa shape index (κ1) is 21.6. The molecular weight excluding hydrogens is 366 g/mol. The van der Waals surface area contributed by atoms with Crippen LogP contribution in [0.4, 0.5) is 0 Å². The van der Waals surface area contributed by atoms with E-state index in [1.807, 2.05) is 0 Å². The van der Waals surface area contributed by atoms with Crippen molar-refractivity contribution < 1.29 is 20.1 Å². The molecule has 0 aromatic carbocycles. The fourth-order valence-corrected chi connectivity index (χ4v) is 8.70. The maximum Gasteiger partial charge on any atom is 0.217 e. The van der Waals surface area contributed by atoms with Crippen LogP contribution in [0.5, 0.6) is 0 Å². The summed E-state index contributed by atoms with van der Waals surface area (Å²) in [5, 5.41) is 33.0. The van der Waals surface area contributed by atoms with Gasteiger partial charge in [-0.2, -0.15) is 0 Å². The van der Waals surface area contributed by atoms with Crippen LogP contribution < -0.4 is 5.73 Å². The van der Waals surface area contributed by atoms with Gasteiger partial charge >= 0.3 is 0 Å². The monoisotopic (exact) mass is 407 g/mol. The molecule has 5 nitrogen and oxygen atoms in total. The summed E-state index contributed by atoms with van der Waals surface area (Å²) in [6, 6.07) is 0. The molecule has 4 aliphatic carbocycles. The van der Waals surface area contributed by atoms with Crippen molar-refractivity contribution in [3.05, 3.63) is 0 Å². The Hall–Kier alpha value is -0.650. The van der Waals surface area contributed by atoms with Crippen LogP contribution in [0.25, 0.3) is 0 Å². The highest BCUT2D eigenvalue weighted by molar-refractivity contribution is 5.73. The van der Waals surface area contributed by atoms with Crippen LogP contribution in [0.1, 0.15) is 78.6 Å². The molecule has 166 valence electrons. The van der Waals surface area contributed by atoms with Crippen molar-refractivity contribution >= 4 is 5.91 Å². The number of nitrogens with two attached hydrogens (primary N) is 1. The number of carbonyl (C=O) groups excluding carboxylic acids is 1. The normalized spacial score (nSPS) is 52.9. The molecule has 1 amide bonds. The number of aliphatic hydroxyl groups excluding tert-OH is 3. The summed E-state index contributed by atoms with van der Waals surface area (Å²) >= 11 is 0. The molecule has 4 rings (SSSR count). The predicted molar refractivity (Wildman–Crippen MR) is 112 cm³/mol. The molecule has 4 saturated carbocycles. The summed E-state index contributed by atoms with van der Waals surface area (Å²) in [6.45, 7) is 6.82. The molecule has 0 spiro atoms. The molecule has 5 heteroatoms. The van der Waals surface area contributed by atoms with Crippen LogP contribution >= 0.6 is 0 Å². The number of fused-ring (bicyclic) bond motifs is 5. The van der Waals surface area contributed by atoms with E-state index in [0.29, 0.717) is 36.0 Å². The number of amides is 1. The van der Waals surface area contributed by atoms with E-state index in [9.17, 15) is 20.1 Å². The van der Waals surface area contributed by atoms with Crippen molar-refractivity contribution in [3.8, 4) is 0 Å². The van der Waals surface area contributed by atoms with E-state index in [0.717, 1.165) is 51.4 Å². The number of carbonyl (C=O) groups is 1. The standard InChI is InChI=1S/C24H41NO4/c1-13(4-7-21(25)29)16-5-6-17-22-18(12-20(28)24(16,17)3)23(2)9-8-15(26)10-14(23)11-19(22)27/h13-20,22,26-28H,4-12H2,1-3H3,(H2,25,29)/t13-,14+,15-,16-,17?,18?,19?,20+,22?,23+,24-/m1/s1. The van der Waals surface area contributed by atoms with E-state index in [2.05, 4.69) is 20.8 Å². The molecule has 0 heterocycles. The Bertz CT molecular complexity index is 640. The highest BCUT2D eigenvalue weighted by Gasteiger charge is 2.65. The Morgan fingerprint density at radius 3 is 2.48 bits per heavy atom. The van der Waals surface area contributed by atoms with E-state index in [-0.39, 0.29) is 41.0 Å². The molecule has 0 saturated heterocycles. The molecule has 5 N–H and O–H groups in total. The zero-order valence-corrected chi connectivity index (χ0v) is 18.4. The SMILES string of the molecule is C[C@H](CCC(N)=O)[C@H]1CCC2C3C(O)C[C@@H]4C[C@H](O)CC[C@]4(C)C3C[C@H](O)[C@@]21C. The Morgan fingerprint density at radius 2 is 1.79 bits per heavy atom. The number of hydrogen-bond donors (Lipinski definition) is 4. The van der Waals surface area contributed by atoms with Crippen molar-refractivity contribution in [1.29, 1.82) is 0 Å². The minimum absolute atomic E-state index is 0.112. The van der Waals surface area contributed by atoms with Crippen LogP contribution in [-0.4, -0.2) is 39.5 Å². The van der Waals surface area contributed by atoms with Crippen LogP contribution in [0.3, 0.4) is 0 Å². The van der Waals surface area contributed by atoms with E-state index in [1.165, 1.54) is 0 Å². The van der Waals surface area contributed by atoms with Crippen LogP contribution in [0.2, 0.25) is 0 Å². The molecule has 4 fully saturated rings. The quantitative estimate of drug-likeness (QED) is 0.575. The second-order valence-electron chi connectivity index (χ2n) is 11.5. The van der Waals surface area contributed by atoms with Gasteiger partial charge in [0.05, 0.1) is 18.3 Å². The second-order valence-corrected chi connectivity index (χ2v) is 11.5. The molecular formula is C24H41NO4. The topological polar surface area (TPSA) is 104 Å². The van der Waals surface area contributed by atoms with Crippen LogP contribution in [0, 0.1) is 46.3 Å². The smallest absolute Gasteiger partial charge is 0.217 e. The summed E-state index contributed by atoms with van der Waals surface area (Å²) in [5.74, 6) is 1.72. The predicted octanol–water partition coefficient (Wildman–Crippen LogP) is 2.85. The lowest BCUT2D eigenvalue weighted by Gasteiger charge is -2.63. The lowest BCUT2D eigenvalue weighted by molar-refractivity contribution is -0.207. The number of rotatable bonds is 4. The fraction of sp³-hybridized carbons (Fsp3) is 0.958. The van der Waals surface area contributed by atoms with Crippen molar-refractivity contribution in [2.75, 3.05) is 0 Å². The van der Waals surface area contributed by atoms with E-state index in [1.54, 1.807) is 0 Å². The van der Waals surface area contributed by atoms with Crippen molar-refractivity contribution in [3.63, 3.8) is 0 Å². The molecule has 4 aliphatic rings. The van der Waals surface area contributed by atoms with Crippen molar-refractivity contribution in [2.24, 2.45) is 52.1 Å². The summed E-state index contributed by atoms with van der Waals surface area (Å²) in [7, 11) is 0. The van der Waals surface area contributed by atoms with Gasteiger partial charge in [-0.25, -0.2) is 0 Å². The molecule has 0 bridgehead atoms. The average molecular weight is 408 g/mol. The number of primary amides is 1. The zero-order valence-electron chi connectivity index (χ0n) is 18.4. The Morgan fingerprint density at radius 1 is 1.07 bits per heavy atom. The third kappa shape index (κ3) is 3.27. The molecule has 0 radical (unpaired) electrons. The molecule has 0 aromatic rings. The van der Waals surface area contributed by atoms with Crippen molar-refractivity contribution in [1.82, 2.24) is 0 Å². The van der Waals surface area contributed by atoms with Crippen molar-refractivity contribution in [2.45, 2.75) is 96.9 Å². The molecule has 0 aliphatic heterocycles. The van der Waals surface area contributed by atoms with Gasteiger partial charge in [-0.15, -0.1) is 0 Å². The second kappa shape index (κ2) is 7.49. The summed E-state index contributed by atoms with van der Waals surface area (Å²) in [6.07, 6.45) is 6.56. The van der Waals surface area contributed by atoms with Gasteiger partial charge in [0.2, 0.25) is 5.91 Å². The van der Waals surface area contributed by atoms with Gasteiger partial charge in [-0.05, 0) is 97.7 Å². The minimum atomic E-state index is -0.369. The summed E-state index contributed by atoms with van der Waals surface area (Å²) in [5.41, 5.74) is 5.30. The van der Waals surface area contributed by atoms with Crippen LogP contribution in [-0.2, 0) is 4.79 Å². The largest absolute Gasteiger partial charge is 0.393 e. The first-order valence-corrected chi connectivity index (χ1v) is 11.9. The third-order valence-electron chi connectivity index (χ3n) is 10.4. The number of hydrogen-bond acceptors (Lipinski definition) is 4. The van der Waals surface area contributed by atoms with Gasteiger partial charge in [-0.3, -0.25) is 4.79 Å². The van der Waals surface area contributed by atoms with Gasteiger partial charge in [-0.1, -0.05) is 20.8 Å². The number of aliphatic hydroxyl groups is 3. The molecule has 0 aromatic heterocycles. The lowest BCUT2D eigenvalue weighted by Crippen LogP contribution is -2.62. The van der Waals surface area contributed by atoms with E-state index >= 15 is 0 Å². The zero-order chi connectivity index (χ0) is 21.1. The molecule has 11 atom stereocenters. The molecule has 29 heavy (non-hydrogen) atoms. The maximum atomic E-state index is 11.5. The van der Waals surface area contributed by atoms with Gasteiger partial charge in [0, 0.05) is 6.42 Å². The Balaban J connectivity index is 1.61. The van der Waals surface area contributed by atoms with Gasteiger partial charge in [0.25, 0.3) is 0 Å². The highest BCUT2D eigenvalue weighted by atomic mass is 16.3. The van der Waals surface area contributed by atoms with E-state index < -0.39 is 0 Å². The average Bonchev–Trinajstić information content (AvgIpc) is 3.01. The molecule has 4 unspecified atom stereocenters. The van der Waals surface area contributed by atoms with Gasteiger partial charge in [0.15, 0.2) is 0 Å². The van der Waals surface area contributed by atoms with E-state index in [4.69, 9.17) is 5.73 Å². The third-order valence-corrected chi connectivity index (χ3v) is 10.4. The minimum Gasteiger partial charge on any atom is -0.393 e. The summed E-state index contributed by atoms with van der Waals surface area (Å²) in [4.78, 5) is 11.3. The highest BCUT2D eigenvalue weighted by Crippen LogP contribution is 2.68. The summed E-state index contributed by atoms with van der Waals surface area (Å²) < 4.78 is 0. The first-order valence-electron chi connectivity index (χ1n) is 11.9. The fourth-order valence-electron chi connectivity index (χ4n) is 8.70. The Labute approximate surface area is 175 Å². The first-order chi connectivity index (χ1) is 13.6. The van der Waals surface area contributed by atoms with Gasteiger partial charge < -0.3 is 21.1 Å². The van der Waals surface area contributed by atoms with Gasteiger partial charge in [0.1, 0.15) is 0 Å². The maximum absolute atomic E-state index is 11.5. The van der Waals surface area contributed by atoms with Crippen LogP contribution in [0.15, 0.2) is 0 Å². The Kier molecular flexibility index (Phi) is 5.57.